The van der Waals surface area contributed by atoms with Crippen molar-refractivity contribution >= 4 is 5.95 Å². The molecule has 1 aromatic carbocycles. The minimum Gasteiger partial charge on any atom is -0.368 e. The van der Waals surface area contributed by atoms with E-state index in [1.54, 1.807) is 0 Å². The molecule has 2 N–H and O–H groups in total. The molecule has 2 aromatic rings. The van der Waals surface area contributed by atoms with Crippen LogP contribution >= 0.6 is 0 Å². The summed E-state index contributed by atoms with van der Waals surface area (Å²) >= 11 is 0. The Bertz CT molecular complexity index is 658. The largest absolute Gasteiger partial charge is 0.368 e. The molecule has 1 atom stereocenters. The van der Waals surface area contributed by atoms with Gasteiger partial charge in [-0.25, -0.2) is 4.98 Å². The fraction of sp³-hybridized carbons (Fsp3) is 0.471. The van der Waals surface area contributed by atoms with Gasteiger partial charge in [0.25, 0.3) is 0 Å². The number of anilines is 1. The van der Waals surface area contributed by atoms with Gasteiger partial charge in [0, 0.05) is 11.3 Å². The Morgan fingerprint density at radius 3 is 2.62 bits per heavy atom. The third-order valence-corrected chi connectivity index (χ3v) is 4.02. The zero-order valence-corrected chi connectivity index (χ0v) is 12.9. The van der Waals surface area contributed by atoms with Crippen molar-refractivity contribution in [3.8, 4) is 0 Å². The van der Waals surface area contributed by atoms with Crippen LogP contribution in [0, 0.1) is 0 Å². The maximum atomic E-state index is 5.92. The van der Waals surface area contributed by atoms with Crippen molar-refractivity contribution in [2.75, 3.05) is 5.73 Å². The van der Waals surface area contributed by atoms with E-state index in [-0.39, 0.29) is 11.3 Å². The van der Waals surface area contributed by atoms with Crippen LogP contribution in [0.25, 0.3) is 0 Å². The summed E-state index contributed by atoms with van der Waals surface area (Å²) in [5.74, 6) is 2.15. The minimum atomic E-state index is -0.125. The molecule has 4 heteroatoms. The zero-order chi connectivity index (χ0) is 15.0. The van der Waals surface area contributed by atoms with Crippen molar-refractivity contribution < 1.29 is 0 Å². The summed E-state index contributed by atoms with van der Waals surface area (Å²) in [7, 11) is 0. The molecule has 0 fully saturated rings. The van der Waals surface area contributed by atoms with Crippen LogP contribution in [-0.2, 0) is 11.8 Å². The molecule has 1 unspecified atom stereocenters. The van der Waals surface area contributed by atoms with Gasteiger partial charge in [-0.2, -0.15) is 9.97 Å². The van der Waals surface area contributed by atoms with Gasteiger partial charge in [0.1, 0.15) is 11.6 Å². The van der Waals surface area contributed by atoms with Crippen LogP contribution in [-0.4, -0.2) is 15.0 Å². The van der Waals surface area contributed by atoms with Gasteiger partial charge in [-0.1, -0.05) is 45.0 Å². The molecule has 0 saturated heterocycles. The summed E-state index contributed by atoms with van der Waals surface area (Å²) in [6.45, 7) is 6.29. The fourth-order valence-corrected chi connectivity index (χ4v) is 2.92. The van der Waals surface area contributed by atoms with Crippen molar-refractivity contribution in [3.05, 3.63) is 47.0 Å². The lowest BCUT2D eigenvalue weighted by Gasteiger charge is -2.25. The fourth-order valence-electron chi connectivity index (χ4n) is 2.92. The van der Waals surface area contributed by atoms with Crippen molar-refractivity contribution in [3.63, 3.8) is 0 Å². The molecule has 1 aromatic heterocycles. The Hall–Kier alpha value is -1.97. The van der Waals surface area contributed by atoms with Gasteiger partial charge in [0.2, 0.25) is 5.95 Å². The highest BCUT2D eigenvalue weighted by atomic mass is 15.1. The summed E-state index contributed by atoms with van der Waals surface area (Å²) in [6, 6.07) is 8.59. The number of rotatable bonds is 1. The molecule has 4 nitrogen and oxygen atoms in total. The molecule has 1 heterocycles. The number of aromatic nitrogens is 3. The van der Waals surface area contributed by atoms with E-state index in [2.05, 4.69) is 55.0 Å². The van der Waals surface area contributed by atoms with E-state index >= 15 is 0 Å². The molecule has 0 spiro atoms. The molecular weight excluding hydrogens is 260 g/mol. The number of aryl methyl sites for hydroxylation is 1. The third kappa shape index (κ3) is 2.75. The second-order valence-electron chi connectivity index (χ2n) is 6.77. The molecule has 3 rings (SSSR count). The number of fused-ring (bicyclic) bond motifs is 1. The summed E-state index contributed by atoms with van der Waals surface area (Å²) in [6.07, 6.45) is 3.38. The lowest BCUT2D eigenvalue weighted by atomic mass is 9.82. The van der Waals surface area contributed by atoms with E-state index in [0.29, 0.717) is 5.95 Å². The Morgan fingerprint density at radius 1 is 1.10 bits per heavy atom. The van der Waals surface area contributed by atoms with Gasteiger partial charge >= 0.3 is 0 Å². The number of benzene rings is 1. The zero-order valence-electron chi connectivity index (χ0n) is 12.9. The predicted octanol–water partition coefficient (Wildman–Crippen LogP) is 3.22. The number of nitrogens with zero attached hydrogens (tertiary/aromatic N) is 3. The average molecular weight is 282 g/mol. The Morgan fingerprint density at radius 2 is 1.86 bits per heavy atom. The summed E-state index contributed by atoms with van der Waals surface area (Å²) in [5.41, 5.74) is 8.54. The summed E-state index contributed by atoms with van der Waals surface area (Å²) in [5, 5.41) is 0. The van der Waals surface area contributed by atoms with E-state index in [4.69, 9.17) is 10.7 Å². The average Bonchev–Trinajstić information content (AvgIpc) is 2.45. The van der Waals surface area contributed by atoms with E-state index in [1.165, 1.54) is 11.1 Å². The third-order valence-electron chi connectivity index (χ3n) is 4.02. The Labute approximate surface area is 125 Å². The van der Waals surface area contributed by atoms with Crippen LogP contribution in [0.15, 0.2) is 24.3 Å². The number of hydrogen-bond acceptors (Lipinski definition) is 4. The SMILES string of the molecule is CC(C)(C)c1nc(N)nc(C2CCCc3ccccc32)n1. The first-order valence-corrected chi connectivity index (χ1v) is 7.55. The smallest absolute Gasteiger partial charge is 0.223 e. The maximum Gasteiger partial charge on any atom is 0.223 e. The van der Waals surface area contributed by atoms with E-state index in [9.17, 15) is 0 Å². The summed E-state index contributed by atoms with van der Waals surface area (Å²) in [4.78, 5) is 13.5. The van der Waals surface area contributed by atoms with Gasteiger partial charge < -0.3 is 5.73 Å². The molecule has 110 valence electrons. The first-order chi connectivity index (χ1) is 9.95. The Kier molecular flexibility index (Phi) is 3.40. The van der Waals surface area contributed by atoms with E-state index < -0.39 is 0 Å². The van der Waals surface area contributed by atoms with Gasteiger partial charge in [-0.05, 0) is 30.4 Å². The Balaban J connectivity index is 2.08. The van der Waals surface area contributed by atoms with Crippen LogP contribution in [0.5, 0.6) is 0 Å². The number of hydrogen-bond donors (Lipinski definition) is 1. The molecule has 0 amide bonds. The highest BCUT2D eigenvalue weighted by molar-refractivity contribution is 5.37. The molecule has 0 aliphatic heterocycles. The maximum absolute atomic E-state index is 5.92. The van der Waals surface area contributed by atoms with Crippen molar-refractivity contribution in [2.24, 2.45) is 0 Å². The van der Waals surface area contributed by atoms with Crippen LogP contribution in [0.2, 0.25) is 0 Å². The molecule has 1 aliphatic rings. The van der Waals surface area contributed by atoms with Gasteiger partial charge in [-0.3, -0.25) is 0 Å². The van der Waals surface area contributed by atoms with Gasteiger partial charge in [-0.15, -0.1) is 0 Å². The molecule has 0 saturated carbocycles. The van der Waals surface area contributed by atoms with E-state index in [1.807, 2.05) is 0 Å². The summed E-state index contributed by atoms with van der Waals surface area (Å²) < 4.78 is 0. The molecule has 1 aliphatic carbocycles. The normalized spacial score (nSPS) is 18.3. The van der Waals surface area contributed by atoms with Crippen molar-refractivity contribution in [1.29, 1.82) is 0 Å². The number of nitrogens with two attached hydrogens (primary N) is 1. The van der Waals surface area contributed by atoms with Crippen molar-refractivity contribution in [2.45, 2.75) is 51.4 Å². The predicted molar refractivity (Wildman–Crippen MR) is 84.2 cm³/mol. The quantitative estimate of drug-likeness (QED) is 0.872. The molecule has 0 bridgehead atoms. The first kappa shape index (κ1) is 14.0. The number of nitrogen functional groups attached to an aromatic ring is 1. The van der Waals surface area contributed by atoms with E-state index in [0.717, 1.165) is 30.9 Å². The van der Waals surface area contributed by atoms with Gasteiger partial charge in [0.15, 0.2) is 0 Å². The van der Waals surface area contributed by atoms with Gasteiger partial charge in [0.05, 0.1) is 0 Å². The standard InChI is InChI=1S/C17H22N4/c1-17(2,3)15-19-14(20-16(18)21-15)13-10-6-8-11-7-4-5-9-12(11)13/h4-5,7,9,13H,6,8,10H2,1-3H3,(H2,18,19,20,21). The van der Waals surface area contributed by atoms with Crippen molar-refractivity contribution in [1.82, 2.24) is 15.0 Å². The minimum absolute atomic E-state index is 0.125. The lowest BCUT2D eigenvalue weighted by Crippen LogP contribution is -2.22. The second-order valence-corrected chi connectivity index (χ2v) is 6.77. The first-order valence-electron chi connectivity index (χ1n) is 7.55. The van der Waals surface area contributed by atoms with Crippen LogP contribution in [0.1, 0.15) is 62.3 Å². The monoisotopic (exact) mass is 282 g/mol. The molecule has 0 radical (unpaired) electrons. The lowest BCUT2D eigenvalue weighted by molar-refractivity contribution is 0.522. The highest BCUT2D eigenvalue weighted by Crippen LogP contribution is 2.35. The molecule has 21 heavy (non-hydrogen) atoms. The van der Waals surface area contributed by atoms with Crippen LogP contribution in [0.4, 0.5) is 5.95 Å². The second kappa shape index (κ2) is 5.10. The topological polar surface area (TPSA) is 64.7 Å². The molecular formula is C17H22N4. The highest BCUT2D eigenvalue weighted by Gasteiger charge is 2.26. The van der Waals surface area contributed by atoms with Crippen LogP contribution < -0.4 is 5.73 Å². The van der Waals surface area contributed by atoms with Crippen LogP contribution in [0.3, 0.4) is 0 Å².